The zero-order valence-corrected chi connectivity index (χ0v) is 9.19. The van der Waals surface area contributed by atoms with Gasteiger partial charge < -0.3 is 10.1 Å². The largest absolute Gasteiger partial charge is 0.497 e. The summed E-state index contributed by atoms with van der Waals surface area (Å²) < 4.78 is 42.9. The molecule has 0 fully saturated rings. The lowest BCUT2D eigenvalue weighted by atomic mass is 10.0. The Kier molecular flexibility index (Phi) is 4.18. The van der Waals surface area contributed by atoms with E-state index in [9.17, 15) is 13.2 Å². The van der Waals surface area contributed by atoms with Crippen LogP contribution in [-0.4, -0.2) is 20.7 Å². The van der Waals surface area contributed by atoms with Crippen molar-refractivity contribution in [3.63, 3.8) is 0 Å². The number of halogens is 3. The van der Waals surface area contributed by atoms with Gasteiger partial charge in [-0.15, -0.1) is 0 Å². The third-order valence-electron chi connectivity index (χ3n) is 2.27. The van der Waals surface area contributed by atoms with Crippen molar-refractivity contribution in [1.82, 2.24) is 5.32 Å². The Morgan fingerprint density at radius 2 is 2.00 bits per heavy atom. The molecule has 0 saturated carbocycles. The SMILES string of the molecule is CNCCc1ccc(OC)cc1C(F)(F)F. The topological polar surface area (TPSA) is 21.3 Å². The van der Waals surface area contributed by atoms with E-state index >= 15 is 0 Å². The number of hydrogen-bond acceptors (Lipinski definition) is 2. The van der Waals surface area contributed by atoms with Gasteiger partial charge in [-0.1, -0.05) is 6.07 Å². The Balaban J connectivity index is 3.06. The van der Waals surface area contributed by atoms with Crippen LogP contribution in [0.3, 0.4) is 0 Å². The molecule has 0 radical (unpaired) electrons. The van der Waals surface area contributed by atoms with Crippen molar-refractivity contribution in [1.29, 1.82) is 0 Å². The molecule has 0 atom stereocenters. The molecule has 0 aromatic heterocycles. The van der Waals surface area contributed by atoms with E-state index in [2.05, 4.69) is 5.32 Å². The van der Waals surface area contributed by atoms with Crippen molar-refractivity contribution in [2.45, 2.75) is 12.6 Å². The second-order valence-electron chi connectivity index (χ2n) is 3.37. The molecule has 1 aromatic carbocycles. The van der Waals surface area contributed by atoms with Crippen LogP contribution in [0.15, 0.2) is 18.2 Å². The zero-order valence-electron chi connectivity index (χ0n) is 9.19. The van der Waals surface area contributed by atoms with E-state index in [4.69, 9.17) is 4.74 Å². The van der Waals surface area contributed by atoms with Gasteiger partial charge in [-0.05, 0) is 37.7 Å². The van der Waals surface area contributed by atoms with Gasteiger partial charge in [-0.2, -0.15) is 13.2 Å². The van der Waals surface area contributed by atoms with Gasteiger partial charge in [0.05, 0.1) is 12.7 Å². The lowest BCUT2D eigenvalue weighted by Gasteiger charge is -2.14. The van der Waals surface area contributed by atoms with Gasteiger partial charge in [-0.25, -0.2) is 0 Å². The van der Waals surface area contributed by atoms with E-state index in [0.717, 1.165) is 6.07 Å². The molecule has 90 valence electrons. The first-order valence-electron chi connectivity index (χ1n) is 4.87. The highest BCUT2D eigenvalue weighted by Crippen LogP contribution is 2.34. The summed E-state index contributed by atoms with van der Waals surface area (Å²) in [4.78, 5) is 0. The molecule has 1 rings (SSSR count). The number of likely N-dealkylation sites (N-methyl/N-ethyl adjacent to an activating group) is 1. The third-order valence-corrected chi connectivity index (χ3v) is 2.27. The molecule has 0 aliphatic carbocycles. The predicted molar refractivity (Wildman–Crippen MR) is 55.6 cm³/mol. The first-order chi connectivity index (χ1) is 7.49. The zero-order chi connectivity index (χ0) is 12.2. The molecule has 1 aromatic rings. The number of benzene rings is 1. The van der Waals surface area contributed by atoms with Crippen LogP contribution in [0.25, 0.3) is 0 Å². The average Bonchev–Trinajstić information content (AvgIpc) is 2.25. The first-order valence-corrected chi connectivity index (χ1v) is 4.87. The molecular formula is C11H14F3NO. The van der Waals surface area contributed by atoms with Crippen LogP contribution in [-0.2, 0) is 12.6 Å². The van der Waals surface area contributed by atoms with E-state index in [0.29, 0.717) is 13.0 Å². The minimum atomic E-state index is -4.34. The van der Waals surface area contributed by atoms with Gasteiger partial charge in [-0.3, -0.25) is 0 Å². The molecular weight excluding hydrogens is 219 g/mol. The van der Waals surface area contributed by atoms with Gasteiger partial charge in [0, 0.05) is 0 Å². The molecule has 0 aliphatic heterocycles. The average molecular weight is 233 g/mol. The third kappa shape index (κ3) is 3.13. The maximum Gasteiger partial charge on any atom is 0.416 e. The van der Waals surface area contributed by atoms with Crippen LogP contribution in [0.2, 0.25) is 0 Å². The lowest BCUT2D eigenvalue weighted by molar-refractivity contribution is -0.138. The summed E-state index contributed by atoms with van der Waals surface area (Å²) in [5, 5.41) is 2.82. The minimum absolute atomic E-state index is 0.223. The quantitative estimate of drug-likeness (QED) is 0.862. The fourth-order valence-electron chi connectivity index (χ4n) is 1.42. The Morgan fingerprint density at radius 1 is 1.31 bits per heavy atom. The highest BCUT2D eigenvalue weighted by atomic mass is 19.4. The van der Waals surface area contributed by atoms with Crippen molar-refractivity contribution in [3.8, 4) is 5.75 Å². The van der Waals surface area contributed by atoms with Crippen LogP contribution in [0.4, 0.5) is 13.2 Å². The second kappa shape index (κ2) is 5.21. The van der Waals surface area contributed by atoms with Gasteiger partial charge in [0.1, 0.15) is 5.75 Å². The van der Waals surface area contributed by atoms with Gasteiger partial charge in [0.15, 0.2) is 0 Å². The number of methoxy groups -OCH3 is 1. The summed E-state index contributed by atoms with van der Waals surface area (Å²) in [5.74, 6) is 0.223. The minimum Gasteiger partial charge on any atom is -0.497 e. The standard InChI is InChI=1S/C11H14F3NO/c1-15-6-5-8-3-4-9(16-2)7-10(8)11(12,13)14/h3-4,7,15H,5-6H2,1-2H3. The van der Waals surface area contributed by atoms with Gasteiger partial charge in [0.25, 0.3) is 0 Å². The van der Waals surface area contributed by atoms with Crippen LogP contribution in [0, 0.1) is 0 Å². The van der Waals surface area contributed by atoms with E-state index < -0.39 is 11.7 Å². The monoisotopic (exact) mass is 233 g/mol. The maximum atomic E-state index is 12.7. The smallest absolute Gasteiger partial charge is 0.416 e. The van der Waals surface area contributed by atoms with E-state index in [-0.39, 0.29) is 11.3 Å². The Hall–Kier alpha value is -1.23. The van der Waals surface area contributed by atoms with Crippen molar-refractivity contribution in [3.05, 3.63) is 29.3 Å². The van der Waals surface area contributed by atoms with E-state index in [1.165, 1.54) is 13.2 Å². The Labute approximate surface area is 92.4 Å². The van der Waals surface area contributed by atoms with Crippen molar-refractivity contribution in [2.75, 3.05) is 20.7 Å². The number of hydrogen-bond donors (Lipinski definition) is 1. The summed E-state index contributed by atoms with van der Waals surface area (Å²) in [6.07, 6.45) is -3.99. The summed E-state index contributed by atoms with van der Waals surface area (Å²) in [5.41, 5.74) is -0.343. The highest BCUT2D eigenvalue weighted by molar-refractivity contribution is 5.37. The molecule has 0 bridgehead atoms. The van der Waals surface area contributed by atoms with Crippen LogP contribution in [0.1, 0.15) is 11.1 Å². The summed E-state index contributed by atoms with van der Waals surface area (Å²) in [6, 6.07) is 4.03. The number of alkyl halides is 3. The molecule has 0 spiro atoms. The normalized spacial score (nSPS) is 11.6. The number of ether oxygens (including phenoxy) is 1. The lowest BCUT2D eigenvalue weighted by Crippen LogP contribution is -2.15. The second-order valence-corrected chi connectivity index (χ2v) is 3.37. The molecule has 16 heavy (non-hydrogen) atoms. The van der Waals surface area contributed by atoms with Gasteiger partial charge >= 0.3 is 6.18 Å². The molecule has 0 aliphatic rings. The van der Waals surface area contributed by atoms with Crippen LogP contribution < -0.4 is 10.1 Å². The van der Waals surface area contributed by atoms with Crippen molar-refractivity contribution >= 4 is 0 Å². The van der Waals surface area contributed by atoms with Crippen LogP contribution in [0.5, 0.6) is 5.75 Å². The maximum absolute atomic E-state index is 12.7. The summed E-state index contributed by atoms with van der Waals surface area (Å²) >= 11 is 0. The fourth-order valence-corrected chi connectivity index (χ4v) is 1.42. The number of rotatable bonds is 4. The van der Waals surface area contributed by atoms with Crippen molar-refractivity contribution < 1.29 is 17.9 Å². The summed E-state index contributed by atoms with van der Waals surface area (Å²) in [6.45, 7) is 0.509. The molecule has 2 nitrogen and oxygen atoms in total. The first kappa shape index (κ1) is 12.8. The molecule has 0 unspecified atom stereocenters. The van der Waals surface area contributed by atoms with Crippen LogP contribution >= 0.6 is 0 Å². The fraction of sp³-hybridized carbons (Fsp3) is 0.455. The predicted octanol–water partition coefficient (Wildman–Crippen LogP) is 2.48. The molecule has 0 saturated heterocycles. The molecule has 0 amide bonds. The Bertz CT molecular complexity index is 350. The van der Waals surface area contributed by atoms with Crippen molar-refractivity contribution in [2.24, 2.45) is 0 Å². The molecule has 0 heterocycles. The van der Waals surface area contributed by atoms with Gasteiger partial charge in [0.2, 0.25) is 0 Å². The molecule has 5 heteroatoms. The number of nitrogens with one attached hydrogen (secondary N) is 1. The Morgan fingerprint density at radius 3 is 2.50 bits per heavy atom. The summed E-state index contributed by atoms with van der Waals surface area (Å²) in [7, 11) is 3.06. The highest BCUT2D eigenvalue weighted by Gasteiger charge is 2.33. The molecule has 1 N–H and O–H groups in total. The van der Waals surface area contributed by atoms with E-state index in [1.54, 1.807) is 13.1 Å². The van der Waals surface area contributed by atoms with E-state index in [1.807, 2.05) is 0 Å².